The van der Waals surface area contributed by atoms with Crippen LogP contribution in [-0.4, -0.2) is 43.8 Å². The average Bonchev–Trinajstić information content (AvgIpc) is 2.34. The summed E-state index contributed by atoms with van der Waals surface area (Å²) < 4.78 is 18.8. The molecule has 0 aromatic heterocycles. The molecule has 1 aliphatic heterocycles. The molecule has 0 spiro atoms. The molecule has 2 unspecified atom stereocenters. The number of benzene rings is 1. The van der Waals surface area contributed by atoms with Gasteiger partial charge in [-0.05, 0) is 37.2 Å². The van der Waals surface area contributed by atoms with Crippen LogP contribution in [0.2, 0.25) is 5.02 Å². The summed E-state index contributed by atoms with van der Waals surface area (Å²) in [5.41, 5.74) is 6.87. The van der Waals surface area contributed by atoms with Gasteiger partial charge in [0.15, 0.2) is 0 Å². The fourth-order valence-corrected chi connectivity index (χ4v) is 2.35. The second-order valence-electron chi connectivity index (χ2n) is 4.78. The largest absolute Gasteiger partial charge is 0.374 e. The molecule has 5 heteroatoms. The van der Waals surface area contributed by atoms with Gasteiger partial charge in [-0.15, -0.1) is 0 Å². The number of halogens is 2. The molecule has 1 saturated heterocycles. The van der Waals surface area contributed by atoms with Crippen molar-refractivity contribution < 1.29 is 9.13 Å². The van der Waals surface area contributed by atoms with Crippen LogP contribution in [0.5, 0.6) is 0 Å². The van der Waals surface area contributed by atoms with E-state index in [9.17, 15) is 4.39 Å². The van der Waals surface area contributed by atoms with Crippen LogP contribution in [-0.2, 0) is 11.2 Å². The summed E-state index contributed by atoms with van der Waals surface area (Å²) in [7, 11) is 2.04. The van der Waals surface area contributed by atoms with Crippen molar-refractivity contribution in [1.82, 2.24) is 4.90 Å². The highest BCUT2D eigenvalue weighted by molar-refractivity contribution is 6.31. The van der Waals surface area contributed by atoms with Crippen molar-refractivity contribution in [3.63, 3.8) is 0 Å². The van der Waals surface area contributed by atoms with E-state index in [1.54, 1.807) is 6.07 Å². The van der Waals surface area contributed by atoms with Gasteiger partial charge < -0.3 is 15.4 Å². The Morgan fingerprint density at radius 2 is 2.39 bits per heavy atom. The van der Waals surface area contributed by atoms with Crippen LogP contribution in [0.1, 0.15) is 5.56 Å². The number of nitrogens with zero attached hydrogens (tertiary/aromatic N) is 1. The van der Waals surface area contributed by atoms with Gasteiger partial charge in [0.1, 0.15) is 5.82 Å². The van der Waals surface area contributed by atoms with Crippen LogP contribution in [0.3, 0.4) is 0 Å². The summed E-state index contributed by atoms with van der Waals surface area (Å²) in [6.45, 7) is 2.41. The molecule has 0 bridgehead atoms. The van der Waals surface area contributed by atoms with E-state index in [1.807, 2.05) is 7.05 Å². The number of likely N-dealkylation sites (N-methyl/N-ethyl adjacent to an activating group) is 1. The second-order valence-corrected chi connectivity index (χ2v) is 5.18. The van der Waals surface area contributed by atoms with Gasteiger partial charge in [0.2, 0.25) is 0 Å². The Hall–Kier alpha value is -0.680. The maximum Gasteiger partial charge on any atom is 0.123 e. The predicted octanol–water partition coefficient (Wildman–Crippen LogP) is 1.68. The normalized spacial score (nSPS) is 23.0. The number of rotatable bonds is 3. The van der Waals surface area contributed by atoms with E-state index < -0.39 is 0 Å². The molecule has 100 valence electrons. The van der Waals surface area contributed by atoms with E-state index in [4.69, 9.17) is 22.1 Å². The van der Waals surface area contributed by atoms with Crippen molar-refractivity contribution >= 4 is 11.6 Å². The van der Waals surface area contributed by atoms with E-state index in [-0.39, 0.29) is 18.0 Å². The molecule has 0 radical (unpaired) electrons. The summed E-state index contributed by atoms with van der Waals surface area (Å²) in [5.74, 6) is -0.289. The SMILES string of the molecule is CN1CCOC(C(N)Cc2cc(F)ccc2Cl)C1. The lowest BCUT2D eigenvalue weighted by atomic mass is 10.0. The highest BCUT2D eigenvalue weighted by Gasteiger charge is 2.24. The third-order valence-electron chi connectivity index (χ3n) is 3.24. The number of morpholine rings is 1. The Morgan fingerprint density at radius 1 is 1.61 bits per heavy atom. The summed E-state index contributed by atoms with van der Waals surface area (Å²) in [4.78, 5) is 2.18. The van der Waals surface area contributed by atoms with Gasteiger partial charge in [0.25, 0.3) is 0 Å². The summed E-state index contributed by atoms with van der Waals surface area (Å²) in [6, 6.07) is 4.18. The van der Waals surface area contributed by atoms with Crippen LogP contribution in [0.4, 0.5) is 4.39 Å². The molecule has 1 aromatic rings. The fourth-order valence-electron chi connectivity index (χ4n) is 2.16. The van der Waals surface area contributed by atoms with Crippen molar-refractivity contribution in [2.75, 3.05) is 26.7 Å². The average molecular weight is 273 g/mol. The van der Waals surface area contributed by atoms with Gasteiger partial charge in [0, 0.05) is 24.2 Å². The van der Waals surface area contributed by atoms with Crippen molar-refractivity contribution in [2.24, 2.45) is 5.73 Å². The highest BCUT2D eigenvalue weighted by Crippen LogP contribution is 2.20. The molecule has 1 fully saturated rings. The quantitative estimate of drug-likeness (QED) is 0.910. The molecule has 3 nitrogen and oxygen atoms in total. The zero-order valence-corrected chi connectivity index (χ0v) is 11.2. The minimum Gasteiger partial charge on any atom is -0.374 e. The third-order valence-corrected chi connectivity index (χ3v) is 3.61. The van der Waals surface area contributed by atoms with Crippen LogP contribution in [0.15, 0.2) is 18.2 Å². The minimum atomic E-state index is -0.289. The van der Waals surface area contributed by atoms with E-state index in [2.05, 4.69) is 4.90 Å². The van der Waals surface area contributed by atoms with E-state index in [1.165, 1.54) is 12.1 Å². The topological polar surface area (TPSA) is 38.5 Å². The van der Waals surface area contributed by atoms with Crippen LogP contribution >= 0.6 is 11.6 Å². The number of ether oxygens (including phenoxy) is 1. The smallest absolute Gasteiger partial charge is 0.123 e. The molecule has 1 heterocycles. The van der Waals surface area contributed by atoms with E-state index >= 15 is 0 Å². The van der Waals surface area contributed by atoms with Crippen LogP contribution in [0, 0.1) is 5.82 Å². The third kappa shape index (κ3) is 3.42. The fraction of sp³-hybridized carbons (Fsp3) is 0.538. The lowest BCUT2D eigenvalue weighted by Crippen LogP contribution is -2.50. The molecule has 2 N–H and O–H groups in total. The monoisotopic (exact) mass is 272 g/mol. The molecule has 0 aliphatic carbocycles. The first-order valence-electron chi connectivity index (χ1n) is 6.06. The molecule has 1 aliphatic rings. The Labute approximate surface area is 112 Å². The Kier molecular flexibility index (Phi) is 4.56. The van der Waals surface area contributed by atoms with E-state index in [0.29, 0.717) is 18.1 Å². The number of hydrogen-bond donors (Lipinski definition) is 1. The Balaban J connectivity index is 2.01. The first-order chi connectivity index (χ1) is 8.56. The van der Waals surface area contributed by atoms with Gasteiger partial charge in [-0.2, -0.15) is 0 Å². The molecule has 2 atom stereocenters. The molecular weight excluding hydrogens is 255 g/mol. The first-order valence-corrected chi connectivity index (χ1v) is 6.43. The molecule has 0 saturated carbocycles. The standard InChI is InChI=1S/C13H18ClFN2O/c1-17-4-5-18-13(8-17)12(16)7-9-6-10(15)2-3-11(9)14/h2-3,6,12-13H,4-5,7-8,16H2,1H3. The molecular formula is C13H18ClFN2O. The van der Waals surface area contributed by atoms with Gasteiger partial charge in [-0.3, -0.25) is 0 Å². The summed E-state index contributed by atoms with van der Waals surface area (Å²) in [6.07, 6.45) is 0.498. The lowest BCUT2D eigenvalue weighted by Gasteiger charge is -2.33. The van der Waals surface area contributed by atoms with E-state index in [0.717, 1.165) is 18.7 Å². The highest BCUT2D eigenvalue weighted by atomic mass is 35.5. The predicted molar refractivity (Wildman–Crippen MR) is 70.3 cm³/mol. The Bertz CT molecular complexity index is 416. The van der Waals surface area contributed by atoms with Gasteiger partial charge in [0.05, 0.1) is 12.7 Å². The van der Waals surface area contributed by atoms with Crippen LogP contribution < -0.4 is 5.73 Å². The first kappa shape index (κ1) is 13.7. The summed E-state index contributed by atoms with van der Waals surface area (Å²) in [5, 5.41) is 0.552. The van der Waals surface area contributed by atoms with Crippen molar-refractivity contribution in [2.45, 2.75) is 18.6 Å². The lowest BCUT2D eigenvalue weighted by molar-refractivity contribution is -0.0319. The maximum absolute atomic E-state index is 13.2. The van der Waals surface area contributed by atoms with Crippen LogP contribution in [0.25, 0.3) is 0 Å². The zero-order valence-electron chi connectivity index (χ0n) is 10.4. The summed E-state index contributed by atoms with van der Waals surface area (Å²) >= 11 is 6.03. The number of hydrogen-bond acceptors (Lipinski definition) is 3. The van der Waals surface area contributed by atoms with Crippen molar-refractivity contribution in [1.29, 1.82) is 0 Å². The van der Waals surface area contributed by atoms with Crippen molar-refractivity contribution in [3.05, 3.63) is 34.6 Å². The molecule has 0 amide bonds. The number of nitrogens with two attached hydrogens (primary N) is 1. The minimum absolute atomic E-state index is 0.0249. The Morgan fingerprint density at radius 3 is 3.11 bits per heavy atom. The van der Waals surface area contributed by atoms with Gasteiger partial charge in [-0.1, -0.05) is 11.6 Å². The second kappa shape index (κ2) is 5.97. The van der Waals surface area contributed by atoms with Crippen molar-refractivity contribution in [3.8, 4) is 0 Å². The molecule has 2 rings (SSSR count). The van der Waals surface area contributed by atoms with Gasteiger partial charge >= 0.3 is 0 Å². The van der Waals surface area contributed by atoms with Gasteiger partial charge in [-0.25, -0.2) is 4.39 Å². The maximum atomic E-state index is 13.2. The molecule has 1 aromatic carbocycles. The molecule has 18 heavy (non-hydrogen) atoms. The zero-order chi connectivity index (χ0) is 13.1.